The van der Waals surface area contributed by atoms with Gasteiger partial charge in [-0.05, 0) is 54.7 Å². The second kappa shape index (κ2) is 8.76. The van der Waals surface area contributed by atoms with Crippen LogP contribution in [-0.4, -0.2) is 9.55 Å². The number of hydrogen-bond donors (Lipinski definition) is 0. The van der Waals surface area contributed by atoms with E-state index < -0.39 is 11.8 Å². The van der Waals surface area contributed by atoms with Gasteiger partial charge in [0.2, 0.25) is 11.7 Å². The van der Waals surface area contributed by atoms with Crippen LogP contribution in [0.25, 0.3) is 50.2 Å². The molecule has 0 bridgehead atoms. The summed E-state index contributed by atoms with van der Waals surface area (Å²) in [6.45, 7) is 10.7. The largest absolute Gasteiger partial charge is 0.437 e. The highest BCUT2D eigenvalue weighted by atomic mass is 19.1. The van der Waals surface area contributed by atoms with Crippen molar-refractivity contribution in [1.29, 1.82) is 0 Å². The van der Waals surface area contributed by atoms with Crippen LogP contribution in [0.5, 0.6) is 0 Å². The Balaban J connectivity index is 1.85. The van der Waals surface area contributed by atoms with E-state index in [9.17, 15) is 4.39 Å². The summed E-state index contributed by atoms with van der Waals surface area (Å²) in [6, 6.07) is 19.1. The van der Waals surface area contributed by atoms with Crippen molar-refractivity contribution in [3.05, 3.63) is 89.1 Å². The second-order valence-electron chi connectivity index (χ2n) is 10.6. The number of hydrogen-bond acceptors (Lipinski definition) is 2. The summed E-state index contributed by atoms with van der Waals surface area (Å²) in [6.07, 6.45) is 0. The van der Waals surface area contributed by atoms with Gasteiger partial charge in [0.1, 0.15) is 17.1 Å². The molecule has 0 saturated carbocycles. The minimum atomic E-state index is -0.664. The highest BCUT2D eigenvalue weighted by Gasteiger charge is 2.34. The minimum Gasteiger partial charge on any atom is -0.437 e. The van der Waals surface area contributed by atoms with E-state index in [-0.39, 0.29) is 17.5 Å². The zero-order chi connectivity index (χ0) is 26.9. The highest BCUT2D eigenvalue weighted by molar-refractivity contribution is 6.09. The summed E-state index contributed by atoms with van der Waals surface area (Å²) >= 11 is 0. The molecule has 0 aliphatic rings. The Hall–Kier alpha value is -4.06. The normalized spacial score (nSPS) is 12.2. The van der Waals surface area contributed by atoms with E-state index in [1.807, 2.05) is 26.1 Å². The molecule has 38 heavy (non-hydrogen) atoms. The lowest BCUT2D eigenvalue weighted by atomic mass is 9.92. The Bertz CT molecular complexity index is 1850. The predicted molar refractivity (Wildman–Crippen MR) is 148 cm³/mol. The van der Waals surface area contributed by atoms with E-state index in [4.69, 9.17) is 4.42 Å². The molecule has 0 fully saturated rings. The molecule has 6 aromatic rings. The predicted octanol–water partition coefficient (Wildman–Crippen LogP) is 8.25. The molecule has 0 aliphatic heterocycles. The van der Waals surface area contributed by atoms with Gasteiger partial charge in [-0.25, -0.2) is 8.96 Å². The molecule has 0 unspecified atom stereocenters. The molecule has 0 radical (unpaired) electrons. The standard InChI is InChI=1S/C32H30F2N3O/c1-17(2)20-10-9-11-21(18(3)4)29(20)37-25-13-8-7-12-24(25)36(6)32(37)27-19(5)16-23(33)28-22-14-15-26(34)35-31(22)38-30(27)28/h7-18H,1-6H3/q+1. The number of furan rings is 1. The van der Waals surface area contributed by atoms with Crippen LogP contribution in [0.1, 0.15) is 56.2 Å². The molecule has 0 N–H and O–H groups in total. The van der Waals surface area contributed by atoms with Crippen molar-refractivity contribution in [2.45, 2.75) is 46.5 Å². The average molecular weight is 511 g/mol. The maximum absolute atomic E-state index is 15.5. The summed E-state index contributed by atoms with van der Waals surface area (Å²) < 4.78 is 40.1. The summed E-state index contributed by atoms with van der Waals surface area (Å²) in [5, 5.41) is 0.766. The third kappa shape index (κ3) is 3.46. The molecule has 3 aromatic carbocycles. The molecule has 3 heterocycles. The van der Waals surface area contributed by atoms with Gasteiger partial charge in [-0.2, -0.15) is 13.9 Å². The topological polar surface area (TPSA) is 34.8 Å². The summed E-state index contributed by atoms with van der Waals surface area (Å²) in [5.41, 5.74) is 7.58. The first kappa shape index (κ1) is 24.3. The lowest BCUT2D eigenvalue weighted by Crippen LogP contribution is -2.30. The Morgan fingerprint density at radius 3 is 2.26 bits per heavy atom. The third-order valence-corrected chi connectivity index (χ3v) is 7.53. The number of halogens is 2. The first-order valence-electron chi connectivity index (χ1n) is 13.0. The average Bonchev–Trinajstić information content (AvgIpc) is 3.39. The van der Waals surface area contributed by atoms with Crippen molar-refractivity contribution in [3.63, 3.8) is 0 Å². The fourth-order valence-corrected chi connectivity index (χ4v) is 5.75. The maximum atomic E-state index is 15.5. The van der Waals surface area contributed by atoms with Gasteiger partial charge >= 0.3 is 0 Å². The lowest BCUT2D eigenvalue weighted by molar-refractivity contribution is -0.633. The summed E-state index contributed by atoms with van der Waals surface area (Å²) in [5.74, 6) is 0.334. The van der Waals surface area contributed by atoms with E-state index >= 15 is 4.39 Å². The Morgan fingerprint density at radius 2 is 1.58 bits per heavy atom. The van der Waals surface area contributed by atoms with E-state index in [0.717, 1.165) is 33.7 Å². The molecular formula is C32H30F2N3O+. The van der Waals surface area contributed by atoms with Gasteiger partial charge in [-0.3, -0.25) is 0 Å². The number of benzene rings is 3. The second-order valence-corrected chi connectivity index (χ2v) is 10.6. The minimum absolute atomic E-state index is 0.0847. The Labute approximate surface area is 220 Å². The maximum Gasteiger partial charge on any atom is 0.299 e. The molecule has 6 heteroatoms. The number of para-hydroxylation sites is 3. The summed E-state index contributed by atoms with van der Waals surface area (Å²) in [7, 11) is 2.02. The molecule has 0 amide bonds. The number of imidazole rings is 1. The van der Waals surface area contributed by atoms with Crippen molar-refractivity contribution in [2.75, 3.05) is 0 Å². The first-order valence-corrected chi connectivity index (χ1v) is 13.0. The van der Waals surface area contributed by atoms with Crippen LogP contribution in [0.2, 0.25) is 0 Å². The van der Waals surface area contributed by atoms with Gasteiger partial charge in [0.25, 0.3) is 5.82 Å². The highest BCUT2D eigenvalue weighted by Crippen LogP contribution is 2.42. The number of nitrogens with zero attached hydrogens (tertiary/aromatic N) is 3. The van der Waals surface area contributed by atoms with Gasteiger partial charge in [0.05, 0.1) is 17.8 Å². The fourth-order valence-electron chi connectivity index (χ4n) is 5.75. The molecule has 4 nitrogen and oxygen atoms in total. The van der Waals surface area contributed by atoms with Crippen LogP contribution in [0.15, 0.2) is 65.1 Å². The number of rotatable bonds is 4. The lowest BCUT2D eigenvalue weighted by Gasteiger charge is -2.18. The number of pyridine rings is 1. The zero-order valence-electron chi connectivity index (χ0n) is 22.4. The van der Waals surface area contributed by atoms with Crippen molar-refractivity contribution in [1.82, 2.24) is 9.55 Å². The van der Waals surface area contributed by atoms with E-state index in [0.29, 0.717) is 16.4 Å². The van der Waals surface area contributed by atoms with Crippen LogP contribution in [0.3, 0.4) is 0 Å². The molecule has 0 aliphatic carbocycles. The molecule has 3 aromatic heterocycles. The van der Waals surface area contributed by atoms with Crippen LogP contribution in [0.4, 0.5) is 8.78 Å². The van der Waals surface area contributed by atoms with Crippen LogP contribution < -0.4 is 4.57 Å². The van der Waals surface area contributed by atoms with E-state index in [1.54, 1.807) is 0 Å². The van der Waals surface area contributed by atoms with Crippen molar-refractivity contribution in [2.24, 2.45) is 7.05 Å². The quantitative estimate of drug-likeness (QED) is 0.177. The van der Waals surface area contributed by atoms with E-state index in [2.05, 4.69) is 72.1 Å². The Kier molecular flexibility index (Phi) is 5.60. The zero-order valence-corrected chi connectivity index (χ0v) is 22.4. The molecule has 6 rings (SSSR count). The van der Waals surface area contributed by atoms with Crippen LogP contribution in [0, 0.1) is 18.7 Å². The summed E-state index contributed by atoms with van der Waals surface area (Å²) in [4.78, 5) is 3.93. The molecule has 0 spiro atoms. The third-order valence-electron chi connectivity index (χ3n) is 7.53. The molecular weight excluding hydrogens is 480 g/mol. The fraction of sp³-hybridized carbons (Fsp3) is 0.250. The SMILES string of the molecule is Cc1cc(F)c2c(oc3nc(F)ccc32)c1-c1n(-c2c(C(C)C)cccc2C(C)C)c2ccccc2[n+]1C. The van der Waals surface area contributed by atoms with Gasteiger partial charge < -0.3 is 4.42 Å². The van der Waals surface area contributed by atoms with Crippen molar-refractivity contribution < 1.29 is 17.8 Å². The van der Waals surface area contributed by atoms with Gasteiger partial charge in [-0.1, -0.05) is 58.0 Å². The monoisotopic (exact) mass is 510 g/mol. The van der Waals surface area contributed by atoms with Gasteiger partial charge in [0.15, 0.2) is 16.6 Å². The Morgan fingerprint density at radius 1 is 0.895 bits per heavy atom. The molecule has 0 atom stereocenters. The van der Waals surface area contributed by atoms with Crippen LogP contribution in [-0.2, 0) is 7.05 Å². The van der Waals surface area contributed by atoms with Crippen molar-refractivity contribution in [3.8, 4) is 17.1 Å². The van der Waals surface area contributed by atoms with Gasteiger partial charge in [0, 0.05) is 11.1 Å². The molecule has 0 saturated heterocycles. The number of aryl methyl sites for hydroxylation is 2. The van der Waals surface area contributed by atoms with Crippen molar-refractivity contribution >= 4 is 33.1 Å². The smallest absolute Gasteiger partial charge is 0.299 e. The number of aromatic nitrogens is 3. The van der Waals surface area contributed by atoms with E-state index in [1.165, 1.54) is 29.3 Å². The first-order chi connectivity index (χ1) is 18.2. The molecule has 192 valence electrons. The van der Waals surface area contributed by atoms with Crippen LogP contribution >= 0.6 is 0 Å². The van der Waals surface area contributed by atoms with Gasteiger partial charge in [-0.15, -0.1) is 0 Å². The number of fused-ring (bicyclic) bond motifs is 4.